The van der Waals surface area contributed by atoms with Crippen molar-refractivity contribution < 1.29 is 14.3 Å². The molecule has 5 nitrogen and oxygen atoms in total. The lowest BCUT2D eigenvalue weighted by molar-refractivity contribution is 0.0985. The van der Waals surface area contributed by atoms with Crippen LogP contribution in [0.5, 0.6) is 11.5 Å². The molecule has 2 aromatic rings. The van der Waals surface area contributed by atoms with Crippen molar-refractivity contribution in [3.63, 3.8) is 0 Å². The summed E-state index contributed by atoms with van der Waals surface area (Å²) in [6, 6.07) is 13.5. The Morgan fingerprint density at radius 2 is 1.75 bits per heavy atom. The highest BCUT2D eigenvalue weighted by Crippen LogP contribution is 2.30. The summed E-state index contributed by atoms with van der Waals surface area (Å²) >= 11 is 6.03. The zero-order chi connectivity index (χ0) is 19.9. The average molecular weight is 403 g/mol. The van der Waals surface area contributed by atoms with E-state index >= 15 is 0 Å². The summed E-state index contributed by atoms with van der Waals surface area (Å²) in [5.41, 5.74) is 1.81. The van der Waals surface area contributed by atoms with Gasteiger partial charge in [-0.25, -0.2) is 0 Å². The molecule has 1 aliphatic heterocycles. The Morgan fingerprint density at radius 3 is 2.43 bits per heavy atom. The van der Waals surface area contributed by atoms with E-state index in [-0.39, 0.29) is 18.4 Å². The van der Waals surface area contributed by atoms with Gasteiger partial charge in [0, 0.05) is 23.2 Å². The van der Waals surface area contributed by atoms with Crippen LogP contribution >= 0.6 is 11.6 Å². The predicted octanol–water partition coefficient (Wildman–Crippen LogP) is 3.97. The Labute approximate surface area is 171 Å². The molecule has 0 saturated carbocycles. The molecule has 6 heteroatoms. The molecule has 0 bridgehead atoms. The van der Waals surface area contributed by atoms with Gasteiger partial charge < -0.3 is 14.8 Å². The van der Waals surface area contributed by atoms with Crippen molar-refractivity contribution in [3.05, 3.63) is 58.6 Å². The minimum Gasteiger partial charge on any atom is -0.486 e. The van der Waals surface area contributed by atoms with Gasteiger partial charge in [0.05, 0.1) is 6.54 Å². The largest absolute Gasteiger partial charge is 0.486 e. The summed E-state index contributed by atoms with van der Waals surface area (Å²) in [5.74, 6) is 1.37. The summed E-state index contributed by atoms with van der Waals surface area (Å²) in [6.45, 7) is 8.15. The van der Waals surface area contributed by atoms with Crippen molar-refractivity contribution >= 4 is 17.4 Å². The number of benzene rings is 2. The molecule has 1 atom stereocenters. The van der Waals surface area contributed by atoms with E-state index in [1.807, 2.05) is 12.1 Å². The second-order valence-electron chi connectivity index (χ2n) is 6.70. The van der Waals surface area contributed by atoms with Crippen molar-refractivity contribution in [1.82, 2.24) is 10.2 Å². The Bertz CT molecular complexity index is 791. The number of halogens is 1. The maximum absolute atomic E-state index is 12.6. The first kappa shape index (κ1) is 20.6. The van der Waals surface area contributed by atoms with E-state index in [0.29, 0.717) is 36.8 Å². The maximum Gasteiger partial charge on any atom is 0.176 e. The second kappa shape index (κ2) is 9.92. The molecule has 150 valence electrons. The molecule has 28 heavy (non-hydrogen) atoms. The first-order valence-corrected chi connectivity index (χ1v) is 10.1. The standard InChI is InChI=1S/C22H27ClN2O3/c1-3-25(4-2)19(16-5-8-18(23)9-6-16)14-24-15-20(26)17-7-10-21-22(13-17)28-12-11-27-21/h5-10,13,19,24H,3-4,11-12,14-15H2,1-2H3. The number of ketones is 1. The van der Waals surface area contributed by atoms with Gasteiger partial charge in [0.25, 0.3) is 0 Å². The fourth-order valence-corrected chi connectivity index (χ4v) is 3.57. The number of likely N-dealkylation sites (N-methyl/N-ethyl adjacent to an activating group) is 1. The Balaban J connectivity index is 1.63. The molecule has 1 unspecified atom stereocenters. The summed E-state index contributed by atoms with van der Waals surface area (Å²) in [4.78, 5) is 15.0. The number of carbonyl (C=O) groups is 1. The highest BCUT2D eigenvalue weighted by atomic mass is 35.5. The molecule has 0 radical (unpaired) electrons. The van der Waals surface area contributed by atoms with Crippen LogP contribution in [-0.4, -0.2) is 50.1 Å². The van der Waals surface area contributed by atoms with Crippen molar-refractivity contribution in [2.75, 3.05) is 39.4 Å². The molecule has 0 amide bonds. The van der Waals surface area contributed by atoms with E-state index in [1.165, 1.54) is 5.56 Å². The maximum atomic E-state index is 12.6. The molecule has 0 aliphatic carbocycles. The van der Waals surface area contributed by atoms with Gasteiger partial charge in [0.15, 0.2) is 17.3 Å². The molecule has 1 N–H and O–H groups in total. The highest BCUT2D eigenvalue weighted by molar-refractivity contribution is 6.30. The molecular weight excluding hydrogens is 376 g/mol. The van der Waals surface area contributed by atoms with Gasteiger partial charge in [-0.05, 0) is 49.0 Å². The van der Waals surface area contributed by atoms with Crippen LogP contribution in [0.4, 0.5) is 0 Å². The fraction of sp³-hybridized carbons (Fsp3) is 0.409. The lowest BCUT2D eigenvalue weighted by atomic mass is 10.0. The smallest absolute Gasteiger partial charge is 0.176 e. The van der Waals surface area contributed by atoms with Crippen molar-refractivity contribution in [3.8, 4) is 11.5 Å². The summed E-state index contributed by atoms with van der Waals surface area (Å²) in [5, 5.41) is 4.06. The van der Waals surface area contributed by atoms with E-state index in [1.54, 1.807) is 18.2 Å². The lowest BCUT2D eigenvalue weighted by Gasteiger charge is -2.30. The van der Waals surface area contributed by atoms with Crippen molar-refractivity contribution in [2.45, 2.75) is 19.9 Å². The second-order valence-corrected chi connectivity index (χ2v) is 7.14. The van der Waals surface area contributed by atoms with Crippen LogP contribution in [0.2, 0.25) is 5.02 Å². The van der Waals surface area contributed by atoms with E-state index in [4.69, 9.17) is 21.1 Å². The minimum atomic E-state index is 0.0337. The van der Waals surface area contributed by atoms with Crippen molar-refractivity contribution in [1.29, 1.82) is 0 Å². The summed E-state index contributed by atoms with van der Waals surface area (Å²) in [6.07, 6.45) is 0. The topological polar surface area (TPSA) is 50.8 Å². The number of fused-ring (bicyclic) bond motifs is 1. The van der Waals surface area contributed by atoms with Crippen LogP contribution in [0.25, 0.3) is 0 Å². The molecule has 2 aromatic carbocycles. The van der Waals surface area contributed by atoms with Crippen LogP contribution in [0.1, 0.15) is 35.8 Å². The first-order chi connectivity index (χ1) is 13.6. The van der Waals surface area contributed by atoms with Crippen LogP contribution in [-0.2, 0) is 0 Å². The third-order valence-corrected chi connectivity index (χ3v) is 5.25. The van der Waals surface area contributed by atoms with Crippen LogP contribution in [0.3, 0.4) is 0 Å². The summed E-state index contributed by atoms with van der Waals surface area (Å²) < 4.78 is 11.1. The summed E-state index contributed by atoms with van der Waals surface area (Å²) in [7, 11) is 0. The van der Waals surface area contributed by atoms with Crippen LogP contribution < -0.4 is 14.8 Å². The normalized spacial score (nSPS) is 14.1. The zero-order valence-electron chi connectivity index (χ0n) is 16.4. The highest BCUT2D eigenvalue weighted by Gasteiger charge is 2.19. The average Bonchev–Trinajstić information content (AvgIpc) is 2.73. The molecular formula is C22H27ClN2O3. The van der Waals surface area contributed by atoms with E-state index in [0.717, 1.165) is 18.1 Å². The van der Waals surface area contributed by atoms with Crippen molar-refractivity contribution in [2.24, 2.45) is 0 Å². The van der Waals surface area contributed by atoms with Gasteiger partial charge in [-0.3, -0.25) is 9.69 Å². The van der Waals surface area contributed by atoms with Gasteiger partial charge in [0.2, 0.25) is 0 Å². The lowest BCUT2D eigenvalue weighted by Crippen LogP contribution is -2.37. The predicted molar refractivity (Wildman–Crippen MR) is 112 cm³/mol. The minimum absolute atomic E-state index is 0.0337. The quantitative estimate of drug-likeness (QED) is 0.643. The van der Waals surface area contributed by atoms with Gasteiger partial charge in [-0.1, -0.05) is 37.6 Å². The molecule has 0 saturated heterocycles. The number of rotatable bonds is 9. The monoisotopic (exact) mass is 402 g/mol. The van der Waals surface area contributed by atoms with Gasteiger partial charge >= 0.3 is 0 Å². The molecule has 1 aliphatic rings. The van der Waals surface area contributed by atoms with Gasteiger partial charge in [0.1, 0.15) is 13.2 Å². The van der Waals surface area contributed by atoms with E-state index in [2.05, 4.69) is 36.2 Å². The Kier molecular flexibility index (Phi) is 7.31. The zero-order valence-corrected chi connectivity index (χ0v) is 17.2. The number of nitrogens with zero attached hydrogens (tertiary/aromatic N) is 1. The molecule has 3 rings (SSSR count). The van der Waals surface area contributed by atoms with E-state index < -0.39 is 0 Å². The third-order valence-electron chi connectivity index (χ3n) is 5.00. The number of carbonyl (C=O) groups excluding carboxylic acids is 1. The van der Waals surface area contributed by atoms with Crippen LogP contribution in [0, 0.1) is 0 Å². The SMILES string of the molecule is CCN(CC)C(CNCC(=O)c1ccc2c(c1)OCCO2)c1ccc(Cl)cc1. The number of hydrogen-bond donors (Lipinski definition) is 1. The van der Waals surface area contributed by atoms with Gasteiger partial charge in [-0.15, -0.1) is 0 Å². The van der Waals surface area contributed by atoms with E-state index in [9.17, 15) is 4.79 Å². The Morgan fingerprint density at radius 1 is 1.07 bits per heavy atom. The van der Waals surface area contributed by atoms with Gasteiger partial charge in [-0.2, -0.15) is 0 Å². The molecule has 1 heterocycles. The molecule has 0 fully saturated rings. The third kappa shape index (κ3) is 5.04. The molecule has 0 aromatic heterocycles. The van der Waals surface area contributed by atoms with Crippen LogP contribution in [0.15, 0.2) is 42.5 Å². The number of Topliss-reactive ketones (excluding diaryl/α,β-unsaturated/α-hetero) is 1. The Hall–Kier alpha value is -2.08. The number of ether oxygens (including phenoxy) is 2. The molecule has 0 spiro atoms. The first-order valence-electron chi connectivity index (χ1n) is 9.75. The fourth-order valence-electron chi connectivity index (χ4n) is 3.45. The number of hydrogen-bond acceptors (Lipinski definition) is 5. The number of nitrogens with one attached hydrogen (secondary N) is 1.